The number of fused-ring (bicyclic) bond motifs is 1. The third-order valence-electron chi connectivity index (χ3n) is 5.50. The molecule has 0 radical (unpaired) electrons. The number of carbonyl (C=O) groups excluding carboxylic acids is 1. The number of hydrogen-bond donors (Lipinski definition) is 2. The third kappa shape index (κ3) is 5.19. The van der Waals surface area contributed by atoms with Crippen LogP contribution in [0.5, 0.6) is 5.75 Å². The molecule has 1 heterocycles. The minimum atomic E-state index is -0.673. The topological polar surface area (TPSA) is 94.6 Å². The van der Waals surface area contributed by atoms with Crippen LogP contribution >= 0.6 is 0 Å². The number of hydrogen-bond acceptors (Lipinski definition) is 5. The number of amides is 1. The lowest BCUT2D eigenvalue weighted by Crippen LogP contribution is -2.28. The van der Waals surface area contributed by atoms with E-state index in [1.54, 1.807) is 18.2 Å². The van der Waals surface area contributed by atoms with Crippen molar-refractivity contribution in [3.8, 4) is 5.75 Å². The van der Waals surface area contributed by atoms with Crippen LogP contribution in [-0.2, 0) is 12.0 Å². The highest BCUT2D eigenvalue weighted by atomic mass is 16.5. The SMILES string of the molecule is CCCc1c(O[C@@H](C)CC)ccc2cc(C(=O)Nc3ccc(C(C)(C)N)cc3)c(=O)oc12. The summed E-state index contributed by atoms with van der Waals surface area (Å²) in [6.45, 7) is 9.94. The Morgan fingerprint density at radius 2 is 1.84 bits per heavy atom. The van der Waals surface area contributed by atoms with Crippen LogP contribution in [-0.4, -0.2) is 12.0 Å². The van der Waals surface area contributed by atoms with Gasteiger partial charge < -0.3 is 20.2 Å². The molecule has 0 bridgehead atoms. The normalized spacial score (nSPS) is 12.6. The van der Waals surface area contributed by atoms with Crippen LogP contribution in [0.1, 0.15) is 68.9 Å². The second-order valence-corrected chi connectivity index (χ2v) is 8.75. The summed E-state index contributed by atoms with van der Waals surface area (Å²) >= 11 is 0. The number of aryl methyl sites for hydroxylation is 1. The van der Waals surface area contributed by atoms with E-state index in [4.69, 9.17) is 14.9 Å². The number of benzene rings is 2. The summed E-state index contributed by atoms with van der Waals surface area (Å²) in [4.78, 5) is 25.5. The third-order valence-corrected chi connectivity index (χ3v) is 5.50. The molecular formula is C26H32N2O4. The molecule has 3 aromatic rings. The lowest BCUT2D eigenvalue weighted by molar-refractivity contribution is 0.102. The summed E-state index contributed by atoms with van der Waals surface area (Å²) in [5.41, 5.74) is 7.76. The lowest BCUT2D eigenvalue weighted by atomic mass is 9.95. The van der Waals surface area contributed by atoms with Crippen LogP contribution in [0.3, 0.4) is 0 Å². The van der Waals surface area contributed by atoms with Crippen molar-refractivity contribution in [3.63, 3.8) is 0 Å². The first-order valence-corrected chi connectivity index (χ1v) is 11.1. The molecule has 3 rings (SSSR count). The molecule has 6 nitrogen and oxygen atoms in total. The molecule has 0 saturated heterocycles. The van der Waals surface area contributed by atoms with Gasteiger partial charge in [0.2, 0.25) is 0 Å². The first-order chi connectivity index (χ1) is 15.1. The molecular weight excluding hydrogens is 404 g/mol. The first kappa shape index (κ1) is 23.5. The lowest BCUT2D eigenvalue weighted by Gasteiger charge is -2.19. The van der Waals surface area contributed by atoms with Crippen molar-refractivity contribution in [3.05, 3.63) is 69.6 Å². The minimum absolute atomic E-state index is 0.0428. The Balaban J connectivity index is 1.94. The zero-order valence-corrected chi connectivity index (χ0v) is 19.5. The second-order valence-electron chi connectivity index (χ2n) is 8.75. The minimum Gasteiger partial charge on any atom is -0.490 e. The number of nitrogens with one attached hydrogen (secondary N) is 1. The van der Waals surface area contributed by atoms with E-state index in [9.17, 15) is 9.59 Å². The van der Waals surface area contributed by atoms with E-state index in [1.165, 1.54) is 0 Å². The fourth-order valence-corrected chi connectivity index (χ4v) is 3.46. The molecule has 0 aliphatic carbocycles. The van der Waals surface area contributed by atoms with E-state index >= 15 is 0 Å². The summed E-state index contributed by atoms with van der Waals surface area (Å²) in [7, 11) is 0. The van der Waals surface area contributed by atoms with Gasteiger partial charge >= 0.3 is 5.63 Å². The summed E-state index contributed by atoms with van der Waals surface area (Å²) in [5.74, 6) is 0.203. The van der Waals surface area contributed by atoms with Crippen molar-refractivity contribution in [2.45, 2.75) is 65.5 Å². The molecule has 0 fully saturated rings. The summed E-state index contributed by atoms with van der Waals surface area (Å²) < 4.78 is 11.7. The van der Waals surface area contributed by atoms with Gasteiger partial charge in [-0.2, -0.15) is 0 Å². The summed E-state index contributed by atoms with van der Waals surface area (Å²) in [6.07, 6.45) is 2.51. The summed E-state index contributed by atoms with van der Waals surface area (Å²) in [5, 5.41) is 3.45. The molecule has 0 saturated carbocycles. The van der Waals surface area contributed by atoms with Crippen LogP contribution < -0.4 is 21.4 Å². The maximum atomic E-state index is 12.8. The molecule has 6 heteroatoms. The van der Waals surface area contributed by atoms with Crippen molar-refractivity contribution < 1.29 is 13.9 Å². The molecule has 0 spiro atoms. The van der Waals surface area contributed by atoms with E-state index in [0.717, 1.165) is 29.7 Å². The highest BCUT2D eigenvalue weighted by molar-refractivity contribution is 6.05. The maximum absolute atomic E-state index is 12.8. The van der Waals surface area contributed by atoms with Crippen molar-refractivity contribution >= 4 is 22.6 Å². The van der Waals surface area contributed by atoms with Crippen molar-refractivity contribution in [1.82, 2.24) is 0 Å². The Bertz CT molecular complexity index is 1160. The number of ether oxygens (including phenoxy) is 1. The smallest absolute Gasteiger partial charge is 0.349 e. The van der Waals surface area contributed by atoms with Crippen molar-refractivity contribution in [1.29, 1.82) is 0 Å². The van der Waals surface area contributed by atoms with Gasteiger partial charge in [0, 0.05) is 22.2 Å². The molecule has 2 aromatic carbocycles. The molecule has 3 N–H and O–H groups in total. The van der Waals surface area contributed by atoms with Crippen LogP contribution in [0.2, 0.25) is 0 Å². The van der Waals surface area contributed by atoms with E-state index in [0.29, 0.717) is 23.1 Å². The highest BCUT2D eigenvalue weighted by Gasteiger charge is 2.19. The fourth-order valence-electron chi connectivity index (χ4n) is 3.46. The van der Waals surface area contributed by atoms with Gasteiger partial charge in [0.15, 0.2) is 0 Å². The summed E-state index contributed by atoms with van der Waals surface area (Å²) in [6, 6.07) is 12.5. The number of carbonyl (C=O) groups is 1. The van der Waals surface area contributed by atoms with Crippen LogP contribution in [0.25, 0.3) is 11.0 Å². The standard InChI is InChI=1S/C26H32N2O4/c1-6-8-20-22(31-16(3)7-2)14-9-17-15-21(25(30)32-23(17)20)24(29)28-19-12-10-18(11-13-19)26(4,5)27/h9-16H,6-8,27H2,1-5H3,(H,28,29)/t16-/m0/s1. The number of anilines is 1. The largest absolute Gasteiger partial charge is 0.490 e. The van der Waals surface area contributed by atoms with Crippen LogP contribution in [0.4, 0.5) is 5.69 Å². The average molecular weight is 437 g/mol. The van der Waals surface area contributed by atoms with E-state index in [1.807, 2.05) is 45.0 Å². The molecule has 1 amide bonds. The van der Waals surface area contributed by atoms with Gasteiger partial charge in [-0.1, -0.05) is 32.4 Å². The Labute approximate surface area is 188 Å². The first-order valence-electron chi connectivity index (χ1n) is 11.1. The van der Waals surface area contributed by atoms with Crippen molar-refractivity contribution in [2.75, 3.05) is 5.32 Å². The molecule has 1 aromatic heterocycles. The molecule has 32 heavy (non-hydrogen) atoms. The van der Waals surface area contributed by atoms with Gasteiger partial charge in [-0.15, -0.1) is 0 Å². The molecule has 0 unspecified atom stereocenters. The Kier molecular flexibility index (Phi) is 7.04. The maximum Gasteiger partial charge on any atom is 0.349 e. The van der Waals surface area contributed by atoms with Crippen LogP contribution in [0, 0.1) is 0 Å². The molecule has 0 aliphatic rings. The Hall–Kier alpha value is -3.12. The average Bonchev–Trinajstić information content (AvgIpc) is 2.74. The second kappa shape index (κ2) is 9.57. The van der Waals surface area contributed by atoms with Gasteiger partial charge in [-0.25, -0.2) is 4.79 Å². The quantitative estimate of drug-likeness (QED) is 0.463. The monoisotopic (exact) mass is 436 g/mol. The van der Waals surface area contributed by atoms with E-state index in [-0.39, 0.29) is 11.7 Å². The van der Waals surface area contributed by atoms with Crippen LogP contribution in [0.15, 0.2) is 51.7 Å². The zero-order valence-electron chi connectivity index (χ0n) is 19.5. The van der Waals surface area contributed by atoms with Gasteiger partial charge in [-0.3, -0.25) is 4.79 Å². The van der Waals surface area contributed by atoms with Gasteiger partial charge in [-0.05, 0) is 69.5 Å². The highest BCUT2D eigenvalue weighted by Crippen LogP contribution is 2.30. The van der Waals surface area contributed by atoms with Gasteiger partial charge in [0.1, 0.15) is 16.9 Å². The predicted octanol–water partition coefficient (Wildman–Crippen LogP) is 5.37. The van der Waals surface area contributed by atoms with Gasteiger partial charge in [0.05, 0.1) is 6.10 Å². The van der Waals surface area contributed by atoms with Gasteiger partial charge in [0.25, 0.3) is 5.91 Å². The van der Waals surface area contributed by atoms with E-state index < -0.39 is 17.1 Å². The number of rotatable bonds is 8. The predicted molar refractivity (Wildman–Crippen MR) is 128 cm³/mol. The molecule has 0 aliphatic heterocycles. The van der Waals surface area contributed by atoms with Crippen molar-refractivity contribution in [2.24, 2.45) is 5.73 Å². The Morgan fingerprint density at radius 1 is 1.16 bits per heavy atom. The number of nitrogens with two attached hydrogens (primary N) is 1. The fraction of sp³-hybridized carbons (Fsp3) is 0.385. The Morgan fingerprint density at radius 3 is 2.44 bits per heavy atom. The zero-order chi connectivity index (χ0) is 23.5. The molecule has 1 atom stereocenters. The van der Waals surface area contributed by atoms with E-state index in [2.05, 4.69) is 19.2 Å². The molecule has 170 valence electrons.